The molecule has 0 spiro atoms. The summed E-state index contributed by atoms with van der Waals surface area (Å²) < 4.78 is 5.46. The summed E-state index contributed by atoms with van der Waals surface area (Å²) in [4.78, 5) is 0. The number of rotatable bonds is 10. The zero-order valence-electron chi connectivity index (χ0n) is 13.0. The van der Waals surface area contributed by atoms with Gasteiger partial charge in [-0.25, -0.2) is 0 Å². The zero-order valence-corrected chi connectivity index (χ0v) is 13.0. The second kappa shape index (κ2) is 10.0. The van der Waals surface area contributed by atoms with Crippen LogP contribution in [0.4, 0.5) is 0 Å². The molecule has 108 valence electrons. The number of aryl methyl sites for hydroxylation is 1. The van der Waals surface area contributed by atoms with Gasteiger partial charge in [0.2, 0.25) is 0 Å². The molecule has 0 saturated heterocycles. The van der Waals surface area contributed by atoms with Gasteiger partial charge in [-0.1, -0.05) is 70.2 Å². The highest BCUT2D eigenvalue weighted by Crippen LogP contribution is 2.21. The smallest absolute Gasteiger partial charge is 0.0818 e. The summed E-state index contributed by atoms with van der Waals surface area (Å²) >= 11 is 0. The number of ether oxygens (including phenoxy) is 1. The zero-order chi connectivity index (χ0) is 13.9. The van der Waals surface area contributed by atoms with Crippen LogP contribution in [0.5, 0.6) is 0 Å². The van der Waals surface area contributed by atoms with Gasteiger partial charge in [0, 0.05) is 7.11 Å². The van der Waals surface area contributed by atoms with Crippen LogP contribution in [-0.2, 0) is 11.2 Å². The van der Waals surface area contributed by atoms with Crippen LogP contribution in [0.3, 0.4) is 0 Å². The Balaban J connectivity index is 2.28. The molecule has 0 radical (unpaired) electrons. The van der Waals surface area contributed by atoms with Gasteiger partial charge in [0.05, 0.1) is 6.10 Å². The summed E-state index contributed by atoms with van der Waals surface area (Å²) in [5, 5.41) is 0. The molecule has 0 aliphatic rings. The molecule has 1 heteroatoms. The molecule has 1 aromatic carbocycles. The van der Waals surface area contributed by atoms with Crippen molar-refractivity contribution in [2.45, 2.75) is 71.3 Å². The lowest BCUT2D eigenvalue weighted by molar-refractivity contribution is 0.100. The molecule has 0 saturated carbocycles. The van der Waals surface area contributed by atoms with E-state index in [4.69, 9.17) is 4.74 Å². The van der Waals surface area contributed by atoms with E-state index in [0.717, 1.165) is 6.42 Å². The standard InChI is InChI=1S/C18H30O/c1-4-6-7-8-9-10-11-16-12-14-17(15-13-16)18(5-2)19-3/h12-15,18H,4-11H2,1-3H3. The summed E-state index contributed by atoms with van der Waals surface area (Å²) in [5.74, 6) is 0. The second-order valence-corrected chi connectivity index (χ2v) is 5.39. The molecule has 0 heterocycles. The predicted molar refractivity (Wildman–Crippen MR) is 83.6 cm³/mol. The number of hydrogen-bond acceptors (Lipinski definition) is 1. The first-order chi connectivity index (χ1) is 9.31. The molecular weight excluding hydrogens is 232 g/mol. The molecule has 0 aromatic heterocycles. The third kappa shape index (κ3) is 6.24. The van der Waals surface area contributed by atoms with Gasteiger partial charge >= 0.3 is 0 Å². The van der Waals surface area contributed by atoms with E-state index >= 15 is 0 Å². The highest BCUT2D eigenvalue weighted by Gasteiger charge is 2.06. The van der Waals surface area contributed by atoms with Gasteiger partial charge in [-0.15, -0.1) is 0 Å². The average molecular weight is 262 g/mol. The molecule has 0 bridgehead atoms. The molecular formula is C18H30O. The van der Waals surface area contributed by atoms with Crippen molar-refractivity contribution in [1.29, 1.82) is 0 Å². The number of unbranched alkanes of at least 4 members (excludes halogenated alkanes) is 5. The fourth-order valence-electron chi connectivity index (χ4n) is 2.55. The first-order valence-electron chi connectivity index (χ1n) is 7.93. The molecule has 1 rings (SSSR count). The van der Waals surface area contributed by atoms with Crippen LogP contribution in [0.25, 0.3) is 0 Å². The van der Waals surface area contributed by atoms with Crippen LogP contribution < -0.4 is 0 Å². The Labute approximate surface area is 119 Å². The predicted octanol–water partition coefficient (Wildman–Crippen LogP) is 5.69. The molecule has 0 fully saturated rings. The van der Waals surface area contributed by atoms with Crippen molar-refractivity contribution >= 4 is 0 Å². The van der Waals surface area contributed by atoms with Gasteiger partial charge in [-0.3, -0.25) is 0 Å². The van der Waals surface area contributed by atoms with Crippen molar-refractivity contribution in [2.24, 2.45) is 0 Å². The Bertz CT molecular complexity index is 311. The van der Waals surface area contributed by atoms with E-state index in [1.54, 1.807) is 7.11 Å². The lowest BCUT2D eigenvalue weighted by Gasteiger charge is -2.13. The summed E-state index contributed by atoms with van der Waals surface area (Å²) in [6.45, 7) is 4.43. The monoisotopic (exact) mass is 262 g/mol. The van der Waals surface area contributed by atoms with E-state index in [9.17, 15) is 0 Å². The first-order valence-corrected chi connectivity index (χ1v) is 7.93. The highest BCUT2D eigenvalue weighted by molar-refractivity contribution is 5.24. The third-order valence-electron chi connectivity index (χ3n) is 3.83. The topological polar surface area (TPSA) is 9.23 Å². The van der Waals surface area contributed by atoms with Crippen LogP contribution in [0.2, 0.25) is 0 Å². The van der Waals surface area contributed by atoms with Crippen molar-refractivity contribution < 1.29 is 4.74 Å². The maximum absolute atomic E-state index is 5.46. The van der Waals surface area contributed by atoms with Crippen LogP contribution in [0.15, 0.2) is 24.3 Å². The van der Waals surface area contributed by atoms with Crippen molar-refractivity contribution in [2.75, 3.05) is 7.11 Å². The SMILES string of the molecule is CCCCCCCCc1ccc(C(CC)OC)cc1. The van der Waals surface area contributed by atoms with Crippen molar-refractivity contribution in [1.82, 2.24) is 0 Å². The molecule has 1 unspecified atom stereocenters. The lowest BCUT2D eigenvalue weighted by atomic mass is 10.0. The minimum atomic E-state index is 0.253. The number of hydrogen-bond donors (Lipinski definition) is 0. The maximum Gasteiger partial charge on any atom is 0.0818 e. The molecule has 1 atom stereocenters. The minimum Gasteiger partial charge on any atom is -0.377 e. The van der Waals surface area contributed by atoms with E-state index in [1.807, 2.05) is 0 Å². The Morgan fingerprint density at radius 3 is 2.11 bits per heavy atom. The Hall–Kier alpha value is -0.820. The molecule has 19 heavy (non-hydrogen) atoms. The van der Waals surface area contributed by atoms with E-state index in [1.165, 1.54) is 56.1 Å². The van der Waals surface area contributed by atoms with Gasteiger partial charge in [-0.05, 0) is 30.4 Å². The molecule has 0 aliphatic heterocycles. The quantitative estimate of drug-likeness (QED) is 0.492. The van der Waals surface area contributed by atoms with Gasteiger partial charge in [-0.2, -0.15) is 0 Å². The molecule has 0 N–H and O–H groups in total. The normalized spacial score (nSPS) is 12.6. The second-order valence-electron chi connectivity index (χ2n) is 5.39. The first kappa shape index (κ1) is 16.2. The van der Waals surface area contributed by atoms with E-state index in [-0.39, 0.29) is 6.10 Å². The van der Waals surface area contributed by atoms with Crippen molar-refractivity contribution in [3.63, 3.8) is 0 Å². The summed E-state index contributed by atoms with van der Waals surface area (Å²) in [5.41, 5.74) is 2.77. The van der Waals surface area contributed by atoms with Crippen LogP contribution in [-0.4, -0.2) is 7.11 Å². The average Bonchev–Trinajstić information content (AvgIpc) is 2.45. The number of methoxy groups -OCH3 is 1. The lowest BCUT2D eigenvalue weighted by Crippen LogP contribution is -1.99. The largest absolute Gasteiger partial charge is 0.377 e. The highest BCUT2D eigenvalue weighted by atomic mass is 16.5. The fraction of sp³-hybridized carbons (Fsp3) is 0.667. The molecule has 1 nitrogen and oxygen atoms in total. The Morgan fingerprint density at radius 1 is 0.895 bits per heavy atom. The minimum absolute atomic E-state index is 0.253. The maximum atomic E-state index is 5.46. The van der Waals surface area contributed by atoms with E-state index in [2.05, 4.69) is 38.1 Å². The summed E-state index contributed by atoms with van der Waals surface area (Å²) in [6, 6.07) is 8.99. The molecule has 0 amide bonds. The van der Waals surface area contributed by atoms with Crippen LogP contribution >= 0.6 is 0 Å². The van der Waals surface area contributed by atoms with Gasteiger partial charge in [0.15, 0.2) is 0 Å². The third-order valence-corrected chi connectivity index (χ3v) is 3.83. The van der Waals surface area contributed by atoms with Crippen molar-refractivity contribution in [3.8, 4) is 0 Å². The fourth-order valence-corrected chi connectivity index (χ4v) is 2.55. The summed E-state index contributed by atoms with van der Waals surface area (Å²) in [6.07, 6.45) is 10.7. The van der Waals surface area contributed by atoms with Gasteiger partial charge in [0.1, 0.15) is 0 Å². The van der Waals surface area contributed by atoms with Crippen LogP contribution in [0.1, 0.15) is 76.0 Å². The Kier molecular flexibility index (Phi) is 8.57. The van der Waals surface area contributed by atoms with Gasteiger partial charge < -0.3 is 4.74 Å². The van der Waals surface area contributed by atoms with Crippen molar-refractivity contribution in [3.05, 3.63) is 35.4 Å². The van der Waals surface area contributed by atoms with E-state index < -0.39 is 0 Å². The summed E-state index contributed by atoms with van der Waals surface area (Å²) in [7, 11) is 1.79. The van der Waals surface area contributed by atoms with Gasteiger partial charge in [0.25, 0.3) is 0 Å². The van der Waals surface area contributed by atoms with E-state index in [0.29, 0.717) is 0 Å². The molecule has 0 aliphatic carbocycles. The Morgan fingerprint density at radius 2 is 1.53 bits per heavy atom. The van der Waals surface area contributed by atoms with Crippen LogP contribution in [0, 0.1) is 0 Å². The number of benzene rings is 1. The molecule has 1 aromatic rings.